The van der Waals surface area contributed by atoms with Gasteiger partial charge in [-0.05, 0) is 24.6 Å². The summed E-state index contributed by atoms with van der Waals surface area (Å²) < 4.78 is 15.9. The van der Waals surface area contributed by atoms with Crippen LogP contribution >= 0.6 is 11.3 Å². The molecular weight excluding hydrogens is 333 g/mol. The molecule has 3 rings (SSSR count). The number of rotatable bonds is 5. The number of aromatic nitrogens is 1. The monoisotopic (exact) mass is 351 g/mol. The second-order valence-corrected chi connectivity index (χ2v) is 6.32. The summed E-state index contributed by atoms with van der Waals surface area (Å²) in [5.41, 5.74) is 3.33. The van der Waals surface area contributed by atoms with Gasteiger partial charge in [0.05, 0.1) is 18.5 Å². The van der Waals surface area contributed by atoms with Gasteiger partial charge in [-0.15, -0.1) is 17.9 Å². The SMILES string of the molecule is C=CCN=c1scc(-c2ccccc2F)n1N=Cc1ccc(C)cc1. The predicted octanol–water partition coefficient (Wildman–Crippen LogP) is 4.63. The maximum Gasteiger partial charge on any atom is 0.206 e. The van der Waals surface area contributed by atoms with Gasteiger partial charge in [0.1, 0.15) is 5.82 Å². The lowest BCUT2D eigenvalue weighted by atomic mass is 10.1. The number of thiazole rings is 1. The first-order valence-electron chi connectivity index (χ1n) is 7.87. The first kappa shape index (κ1) is 17.0. The summed E-state index contributed by atoms with van der Waals surface area (Å²) in [4.78, 5) is 5.15. The van der Waals surface area contributed by atoms with Gasteiger partial charge in [0, 0.05) is 10.9 Å². The van der Waals surface area contributed by atoms with E-state index >= 15 is 0 Å². The molecule has 0 spiro atoms. The topological polar surface area (TPSA) is 29.6 Å². The molecule has 0 saturated carbocycles. The highest BCUT2D eigenvalue weighted by atomic mass is 32.1. The van der Waals surface area contributed by atoms with Gasteiger partial charge in [-0.2, -0.15) is 5.10 Å². The van der Waals surface area contributed by atoms with Crippen LogP contribution in [0.1, 0.15) is 11.1 Å². The first-order chi connectivity index (χ1) is 12.2. The standard InChI is InChI=1S/C20H18FN3S/c1-3-12-22-20-24(23-13-16-10-8-15(2)9-11-16)19(14-25-20)17-6-4-5-7-18(17)21/h3-11,13-14H,1,12H2,2H3. The second kappa shape index (κ2) is 7.85. The summed E-state index contributed by atoms with van der Waals surface area (Å²) in [5, 5.41) is 6.41. The van der Waals surface area contributed by atoms with Crippen LogP contribution in [0.5, 0.6) is 0 Å². The zero-order valence-corrected chi connectivity index (χ0v) is 14.7. The average Bonchev–Trinajstić information content (AvgIpc) is 3.02. The number of hydrogen-bond acceptors (Lipinski definition) is 3. The zero-order valence-electron chi connectivity index (χ0n) is 13.9. The van der Waals surface area contributed by atoms with Crippen LogP contribution < -0.4 is 4.80 Å². The molecule has 0 unspecified atom stereocenters. The third kappa shape index (κ3) is 4.00. The van der Waals surface area contributed by atoms with E-state index in [1.54, 1.807) is 29.1 Å². The second-order valence-electron chi connectivity index (χ2n) is 5.48. The van der Waals surface area contributed by atoms with Crippen molar-refractivity contribution in [2.24, 2.45) is 10.1 Å². The van der Waals surface area contributed by atoms with Crippen molar-refractivity contribution in [3.8, 4) is 11.3 Å². The predicted molar refractivity (Wildman–Crippen MR) is 103 cm³/mol. The largest absolute Gasteiger partial charge is 0.253 e. The summed E-state index contributed by atoms with van der Waals surface area (Å²) in [6, 6.07) is 14.7. The van der Waals surface area contributed by atoms with E-state index in [1.807, 2.05) is 42.6 Å². The molecule has 0 amide bonds. The summed E-state index contributed by atoms with van der Waals surface area (Å²) >= 11 is 1.43. The maximum atomic E-state index is 14.2. The molecule has 0 aliphatic heterocycles. The maximum absolute atomic E-state index is 14.2. The molecule has 0 N–H and O–H groups in total. The lowest BCUT2D eigenvalue weighted by Gasteiger charge is -2.04. The van der Waals surface area contributed by atoms with Gasteiger partial charge in [-0.25, -0.2) is 9.07 Å². The Hall–Kier alpha value is -2.79. The van der Waals surface area contributed by atoms with Gasteiger partial charge in [0.2, 0.25) is 4.80 Å². The van der Waals surface area contributed by atoms with Crippen LogP contribution in [-0.2, 0) is 0 Å². The van der Waals surface area contributed by atoms with Crippen LogP contribution in [0.15, 0.2) is 76.7 Å². The minimum atomic E-state index is -0.283. The Morgan fingerprint density at radius 2 is 1.92 bits per heavy atom. The number of hydrogen-bond donors (Lipinski definition) is 0. The van der Waals surface area contributed by atoms with Crippen LogP contribution in [0.25, 0.3) is 11.3 Å². The smallest absolute Gasteiger partial charge is 0.206 e. The molecule has 2 aromatic carbocycles. The Kier molecular flexibility index (Phi) is 5.36. The molecular formula is C20H18FN3S. The molecule has 25 heavy (non-hydrogen) atoms. The Morgan fingerprint density at radius 3 is 2.64 bits per heavy atom. The average molecular weight is 351 g/mol. The Bertz CT molecular complexity index is 965. The highest BCUT2D eigenvalue weighted by molar-refractivity contribution is 7.07. The summed E-state index contributed by atoms with van der Waals surface area (Å²) in [7, 11) is 0. The molecule has 0 radical (unpaired) electrons. The molecule has 0 aliphatic rings. The minimum Gasteiger partial charge on any atom is -0.253 e. The number of aryl methyl sites for hydroxylation is 1. The van der Waals surface area contributed by atoms with Gasteiger partial charge in [0.15, 0.2) is 0 Å². The summed E-state index contributed by atoms with van der Waals surface area (Å²) in [5.74, 6) is -0.283. The van der Waals surface area contributed by atoms with Crippen LogP contribution in [0, 0.1) is 12.7 Å². The van der Waals surface area contributed by atoms with Gasteiger partial charge < -0.3 is 0 Å². The molecule has 3 aromatic rings. The van der Waals surface area contributed by atoms with Crippen LogP contribution in [-0.4, -0.2) is 17.4 Å². The molecule has 1 aromatic heterocycles. The van der Waals surface area contributed by atoms with E-state index in [1.165, 1.54) is 23.0 Å². The van der Waals surface area contributed by atoms with Crippen molar-refractivity contribution in [3.63, 3.8) is 0 Å². The molecule has 126 valence electrons. The summed E-state index contributed by atoms with van der Waals surface area (Å²) in [6.07, 6.45) is 3.47. The normalized spacial score (nSPS) is 12.0. The van der Waals surface area contributed by atoms with E-state index in [-0.39, 0.29) is 5.82 Å². The number of halogens is 1. The molecule has 1 heterocycles. The van der Waals surface area contributed by atoms with Crippen molar-refractivity contribution in [2.45, 2.75) is 6.92 Å². The highest BCUT2D eigenvalue weighted by Gasteiger charge is 2.11. The minimum absolute atomic E-state index is 0.283. The third-order valence-corrected chi connectivity index (χ3v) is 4.44. The lowest BCUT2D eigenvalue weighted by molar-refractivity contribution is 0.629. The van der Waals surface area contributed by atoms with E-state index in [0.29, 0.717) is 22.6 Å². The quantitative estimate of drug-likeness (QED) is 0.474. The van der Waals surface area contributed by atoms with Gasteiger partial charge in [-0.3, -0.25) is 4.99 Å². The van der Waals surface area contributed by atoms with Crippen molar-refractivity contribution >= 4 is 17.6 Å². The Balaban J connectivity index is 2.09. The molecule has 3 nitrogen and oxygen atoms in total. The summed E-state index contributed by atoms with van der Waals surface area (Å²) in [6.45, 7) is 6.21. The lowest BCUT2D eigenvalue weighted by Crippen LogP contribution is -2.12. The van der Waals surface area contributed by atoms with Crippen LogP contribution in [0.4, 0.5) is 4.39 Å². The number of benzene rings is 2. The van der Waals surface area contributed by atoms with Crippen molar-refractivity contribution in [2.75, 3.05) is 6.54 Å². The number of nitrogens with zero attached hydrogens (tertiary/aromatic N) is 3. The molecule has 5 heteroatoms. The van der Waals surface area contributed by atoms with Crippen molar-refractivity contribution in [1.29, 1.82) is 0 Å². The molecule has 0 saturated heterocycles. The fraction of sp³-hybridized carbons (Fsp3) is 0.100. The van der Waals surface area contributed by atoms with E-state index in [2.05, 4.69) is 16.7 Å². The third-order valence-electron chi connectivity index (χ3n) is 3.59. The van der Waals surface area contributed by atoms with Gasteiger partial charge in [-0.1, -0.05) is 48.0 Å². The Labute approximate surface area is 150 Å². The van der Waals surface area contributed by atoms with Gasteiger partial charge >= 0.3 is 0 Å². The van der Waals surface area contributed by atoms with E-state index in [4.69, 9.17) is 0 Å². The first-order valence-corrected chi connectivity index (χ1v) is 8.75. The zero-order chi connectivity index (χ0) is 17.6. The van der Waals surface area contributed by atoms with Crippen LogP contribution in [0.2, 0.25) is 0 Å². The fourth-order valence-electron chi connectivity index (χ4n) is 2.29. The van der Waals surface area contributed by atoms with Crippen molar-refractivity contribution in [1.82, 2.24) is 4.68 Å². The van der Waals surface area contributed by atoms with E-state index < -0.39 is 0 Å². The molecule has 0 bridgehead atoms. The molecule has 0 fully saturated rings. The fourth-order valence-corrected chi connectivity index (χ4v) is 3.13. The van der Waals surface area contributed by atoms with Gasteiger partial charge in [0.25, 0.3) is 0 Å². The Morgan fingerprint density at radius 1 is 1.16 bits per heavy atom. The van der Waals surface area contributed by atoms with E-state index in [0.717, 1.165) is 5.56 Å². The van der Waals surface area contributed by atoms with Crippen molar-refractivity contribution in [3.05, 3.63) is 88.3 Å². The van der Waals surface area contributed by atoms with Crippen LogP contribution in [0.3, 0.4) is 0 Å². The molecule has 0 atom stereocenters. The van der Waals surface area contributed by atoms with Crippen molar-refractivity contribution < 1.29 is 4.39 Å². The molecule has 0 aliphatic carbocycles. The highest BCUT2D eigenvalue weighted by Crippen LogP contribution is 2.23. The van der Waals surface area contributed by atoms with E-state index in [9.17, 15) is 4.39 Å².